The Labute approximate surface area is 230 Å². The van der Waals surface area contributed by atoms with Gasteiger partial charge in [-0.25, -0.2) is 4.79 Å². The molecular formula is C32H36N4O3. The van der Waals surface area contributed by atoms with E-state index in [1.165, 1.54) is 32.4 Å². The Balaban J connectivity index is 1.18. The summed E-state index contributed by atoms with van der Waals surface area (Å²) in [6.07, 6.45) is 5.65. The van der Waals surface area contributed by atoms with Gasteiger partial charge in [0.15, 0.2) is 0 Å². The lowest BCUT2D eigenvalue weighted by atomic mass is 10.1. The first-order valence-corrected chi connectivity index (χ1v) is 13.7. The van der Waals surface area contributed by atoms with E-state index in [9.17, 15) is 4.79 Å². The van der Waals surface area contributed by atoms with Gasteiger partial charge in [-0.3, -0.25) is 9.88 Å². The maximum absolute atomic E-state index is 12.5. The van der Waals surface area contributed by atoms with E-state index in [1.54, 1.807) is 6.20 Å². The van der Waals surface area contributed by atoms with Crippen LogP contribution in [0.3, 0.4) is 0 Å². The van der Waals surface area contributed by atoms with Gasteiger partial charge >= 0.3 is 6.03 Å². The molecule has 1 aliphatic rings. The standard InChI is InChI=1S/C32H36N4O3/c1-24-21-27(38-20-19-36-17-7-2-8-18-36)13-12-25(24)23-39-31-15-14-30(28-10-3-4-11-29(28)31)35-32(37)34-22-26-9-5-6-16-33-26/h3-6,9-16,21H,2,7-8,17-20,22-23H2,1H3,(H2,34,35,37). The molecule has 1 aromatic heterocycles. The number of piperidine rings is 1. The van der Waals surface area contributed by atoms with Crippen LogP contribution in [0.1, 0.15) is 36.1 Å². The maximum Gasteiger partial charge on any atom is 0.319 e. The van der Waals surface area contributed by atoms with E-state index in [1.807, 2.05) is 60.7 Å². The van der Waals surface area contributed by atoms with Crippen molar-refractivity contribution >= 4 is 22.5 Å². The highest BCUT2D eigenvalue weighted by molar-refractivity contribution is 6.03. The molecule has 4 aromatic rings. The van der Waals surface area contributed by atoms with E-state index in [0.29, 0.717) is 19.8 Å². The van der Waals surface area contributed by atoms with Crippen LogP contribution in [0.5, 0.6) is 11.5 Å². The molecule has 0 atom stereocenters. The molecule has 1 saturated heterocycles. The van der Waals surface area contributed by atoms with Crippen LogP contribution in [-0.2, 0) is 13.2 Å². The molecule has 0 spiro atoms. The van der Waals surface area contributed by atoms with E-state index >= 15 is 0 Å². The fraction of sp³-hybridized carbons (Fsp3) is 0.312. The number of likely N-dealkylation sites (tertiary alicyclic amines) is 1. The average molecular weight is 525 g/mol. The molecular weight excluding hydrogens is 488 g/mol. The number of amides is 2. The summed E-state index contributed by atoms with van der Waals surface area (Å²) in [7, 11) is 0. The van der Waals surface area contributed by atoms with E-state index in [0.717, 1.165) is 51.3 Å². The van der Waals surface area contributed by atoms with Crippen molar-refractivity contribution in [2.45, 2.75) is 39.3 Å². The van der Waals surface area contributed by atoms with Gasteiger partial charge in [0.05, 0.1) is 17.9 Å². The number of hydrogen-bond acceptors (Lipinski definition) is 5. The molecule has 1 fully saturated rings. The van der Waals surface area contributed by atoms with Crippen LogP contribution < -0.4 is 20.1 Å². The minimum Gasteiger partial charge on any atom is -0.492 e. The minimum absolute atomic E-state index is 0.284. The predicted molar refractivity (Wildman–Crippen MR) is 155 cm³/mol. The predicted octanol–water partition coefficient (Wildman–Crippen LogP) is 6.31. The van der Waals surface area contributed by atoms with Crippen molar-refractivity contribution in [1.82, 2.24) is 15.2 Å². The van der Waals surface area contributed by atoms with Gasteiger partial charge in [0, 0.05) is 23.5 Å². The zero-order valence-corrected chi connectivity index (χ0v) is 22.5. The summed E-state index contributed by atoms with van der Waals surface area (Å²) < 4.78 is 12.3. The molecule has 0 radical (unpaired) electrons. The molecule has 1 aliphatic heterocycles. The number of rotatable bonds is 10. The van der Waals surface area contributed by atoms with Crippen LogP contribution in [-0.4, -0.2) is 42.2 Å². The van der Waals surface area contributed by atoms with Gasteiger partial charge in [-0.2, -0.15) is 0 Å². The van der Waals surface area contributed by atoms with Gasteiger partial charge in [0.25, 0.3) is 0 Å². The molecule has 0 bridgehead atoms. The van der Waals surface area contributed by atoms with Gasteiger partial charge in [-0.15, -0.1) is 0 Å². The Morgan fingerprint density at radius 2 is 1.74 bits per heavy atom. The summed E-state index contributed by atoms with van der Waals surface area (Å²) in [5.74, 6) is 1.67. The highest BCUT2D eigenvalue weighted by Crippen LogP contribution is 2.32. The summed E-state index contributed by atoms with van der Waals surface area (Å²) in [6, 6.07) is 23.2. The molecule has 7 heteroatoms. The Hall–Kier alpha value is -4.10. The highest BCUT2D eigenvalue weighted by Gasteiger charge is 2.12. The fourth-order valence-corrected chi connectivity index (χ4v) is 4.90. The molecule has 39 heavy (non-hydrogen) atoms. The first-order valence-electron chi connectivity index (χ1n) is 13.7. The van der Waals surface area contributed by atoms with Crippen LogP contribution >= 0.6 is 0 Å². The third-order valence-corrected chi connectivity index (χ3v) is 7.11. The van der Waals surface area contributed by atoms with E-state index in [2.05, 4.69) is 39.6 Å². The maximum atomic E-state index is 12.5. The molecule has 5 rings (SSSR count). The van der Waals surface area contributed by atoms with E-state index < -0.39 is 0 Å². The second kappa shape index (κ2) is 13.1. The zero-order valence-electron chi connectivity index (χ0n) is 22.5. The Morgan fingerprint density at radius 3 is 2.54 bits per heavy atom. The quantitative estimate of drug-likeness (QED) is 0.254. The molecule has 7 nitrogen and oxygen atoms in total. The Bertz CT molecular complexity index is 1390. The average Bonchev–Trinajstić information content (AvgIpc) is 2.97. The number of carbonyl (C=O) groups excluding carboxylic acids is 1. The summed E-state index contributed by atoms with van der Waals surface area (Å²) in [5, 5.41) is 7.67. The number of hydrogen-bond donors (Lipinski definition) is 2. The third-order valence-electron chi connectivity index (χ3n) is 7.11. The number of fused-ring (bicyclic) bond motifs is 1. The largest absolute Gasteiger partial charge is 0.492 e. The van der Waals surface area contributed by atoms with Crippen LogP contribution in [0.2, 0.25) is 0 Å². The lowest BCUT2D eigenvalue weighted by Gasteiger charge is -2.26. The molecule has 202 valence electrons. The number of carbonyl (C=O) groups is 1. The van der Waals surface area contributed by atoms with Crippen molar-refractivity contribution in [3.63, 3.8) is 0 Å². The molecule has 3 aromatic carbocycles. The third kappa shape index (κ3) is 7.27. The fourth-order valence-electron chi connectivity index (χ4n) is 4.90. The van der Waals surface area contributed by atoms with Crippen molar-refractivity contribution in [2.75, 3.05) is 31.6 Å². The van der Waals surface area contributed by atoms with Crippen molar-refractivity contribution < 1.29 is 14.3 Å². The van der Waals surface area contributed by atoms with Crippen molar-refractivity contribution in [1.29, 1.82) is 0 Å². The number of nitrogens with one attached hydrogen (secondary N) is 2. The van der Waals surface area contributed by atoms with Crippen molar-refractivity contribution in [3.05, 3.63) is 95.8 Å². The van der Waals surface area contributed by atoms with Crippen LogP contribution in [0.4, 0.5) is 10.5 Å². The first-order chi connectivity index (χ1) is 19.2. The van der Waals surface area contributed by atoms with Gasteiger partial charge in [-0.05, 0) is 80.4 Å². The second-order valence-electron chi connectivity index (χ2n) is 9.91. The molecule has 2 amide bonds. The topological polar surface area (TPSA) is 75.7 Å². The molecule has 2 N–H and O–H groups in total. The Kier molecular flexibility index (Phi) is 8.91. The van der Waals surface area contributed by atoms with E-state index in [4.69, 9.17) is 9.47 Å². The number of anilines is 1. The van der Waals surface area contributed by atoms with Crippen LogP contribution in [0.25, 0.3) is 10.8 Å². The van der Waals surface area contributed by atoms with Gasteiger partial charge in [-0.1, -0.05) is 42.8 Å². The zero-order chi connectivity index (χ0) is 26.9. The number of aryl methyl sites for hydroxylation is 1. The summed E-state index contributed by atoms with van der Waals surface area (Å²) in [6.45, 7) is 6.95. The highest BCUT2D eigenvalue weighted by atomic mass is 16.5. The summed E-state index contributed by atoms with van der Waals surface area (Å²) in [5.41, 5.74) is 3.77. The van der Waals surface area contributed by atoms with Crippen LogP contribution in [0.15, 0.2) is 79.0 Å². The first kappa shape index (κ1) is 26.5. The van der Waals surface area contributed by atoms with E-state index in [-0.39, 0.29) is 6.03 Å². The molecule has 0 aliphatic carbocycles. The summed E-state index contributed by atoms with van der Waals surface area (Å²) >= 11 is 0. The van der Waals surface area contributed by atoms with Gasteiger partial charge in [0.2, 0.25) is 0 Å². The number of ether oxygens (including phenoxy) is 2. The minimum atomic E-state index is -0.284. The lowest BCUT2D eigenvalue weighted by molar-refractivity contribution is 0.183. The van der Waals surface area contributed by atoms with Crippen molar-refractivity contribution in [2.24, 2.45) is 0 Å². The number of benzene rings is 3. The number of nitrogens with zero attached hydrogens (tertiary/aromatic N) is 2. The van der Waals surface area contributed by atoms with Gasteiger partial charge < -0.3 is 20.1 Å². The number of urea groups is 1. The monoisotopic (exact) mass is 524 g/mol. The second-order valence-corrected chi connectivity index (χ2v) is 9.91. The number of aromatic nitrogens is 1. The SMILES string of the molecule is Cc1cc(OCCN2CCCCC2)ccc1COc1ccc(NC(=O)NCc2ccccn2)c2ccccc12. The Morgan fingerprint density at radius 1 is 0.923 bits per heavy atom. The smallest absolute Gasteiger partial charge is 0.319 e. The van der Waals surface area contributed by atoms with Gasteiger partial charge in [0.1, 0.15) is 24.7 Å². The molecule has 0 saturated carbocycles. The van der Waals surface area contributed by atoms with Crippen molar-refractivity contribution in [3.8, 4) is 11.5 Å². The number of pyridine rings is 1. The normalized spacial score (nSPS) is 13.7. The van der Waals surface area contributed by atoms with Crippen LogP contribution in [0, 0.1) is 6.92 Å². The molecule has 0 unspecified atom stereocenters. The molecule has 2 heterocycles. The lowest BCUT2D eigenvalue weighted by Crippen LogP contribution is -2.33. The summed E-state index contributed by atoms with van der Waals surface area (Å²) in [4.78, 5) is 19.3.